The van der Waals surface area contributed by atoms with Gasteiger partial charge in [-0.2, -0.15) is 0 Å². The minimum absolute atomic E-state index is 0.0458. The third kappa shape index (κ3) is 3.99. The molecule has 4 aromatic rings. The largest absolute Gasteiger partial charge is 0.337 e. The number of aromatic nitrogens is 2. The van der Waals surface area contributed by atoms with Gasteiger partial charge in [0.2, 0.25) is 5.91 Å². The van der Waals surface area contributed by atoms with Gasteiger partial charge in [0.1, 0.15) is 10.6 Å². The van der Waals surface area contributed by atoms with E-state index in [1.54, 1.807) is 30.0 Å². The molecule has 0 saturated heterocycles. The van der Waals surface area contributed by atoms with Crippen LogP contribution in [-0.4, -0.2) is 26.5 Å². The molecule has 0 unspecified atom stereocenters. The van der Waals surface area contributed by atoms with Crippen LogP contribution in [0.1, 0.15) is 28.5 Å². The summed E-state index contributed by atoms with van der Waals surface area (Å²) in [6.45, 7) is 4.18. The van der Waals surface area contributed by atoms with Crippen molar-refractivity contribution < 1.29 is 9.18 Å². The van der Waals surface area contributed by atoms with E-state index in [2.05, 4.69) is 0 Å². The molecule has 0 N–H and O–H groups in total. The van der Waals surface area contributed by atoms with E-state index in [1.807, 2.05) is 0 Å². The fourth-order valence-corrected chi connectivity index (χ4v) is 6.23. The molecule has 0 atom stereocenters. The minimum Gasteiger partial charge on any atom is -0.337 e. The van der Waals surface area contributed by atoms with Crippen molar-refractivity contribution in [1.82, 2.24) is 14.0 Å². The summed E-state index contributed by atoms with van der Waals surface area (Å²) in [5.74, 6) is -0.526. The van der Waals surface area contributed by atoms with Crippen molar-refractivity contribution in [3.63, 3.8) is 0 Å². The van der Waals surface area contributed by atoms with Gasteiger partial charge in [-0.05, 0) is 54.3 Å². The molecule has 0 saturated carbocycles. The Bertz CT molecular complexity index is 1640. The first kappa shape index (κ1) is 23.8. The number of halogens is 3. The minimum atomic E-state index is -0.546. The maximum Gasteiger partial charge on any atom is 0.337 e. The molecule has 5 rings (SSSR count). The van der Waals surface area contributed by atoms with E-state index in [0.717, 1.165) is 15.0 Å². The lowest BCUT2D eigenvalue weighted by atomic mass is 10.1. The highest BCUT2D eigenvalue weighted by Gasteiger charge is 2.28. The predicted molar refractivity (Wildman–Crippen MR) is 137 cm³/mol. The first-order chi connectivity index (χ1) is 16.7. The van der Waals surface area contributed by atoms with Gasteiger partial charge >= 0.3 is 5.69 Å². The Hall–Kier alpha value is -2.94. The molecular formula is C25H20Cl2FN3O3S. The highest BCUT2D eigenvalue weighted by atomic mass is 35.5. The number of nitrogens with zero attached hydrogens (tertiary/aromatic N) is 3. The molecule has 2 aromatic carbocycles. The van der Waals surface area contributed by atoms with Crippen molar-refractivity contribution in [2.24, 2.45) is 0 Å². The summed E-state index contributed by atoms with van der Waals surface area (Å²) in [6.07, 6.45) is 0.508. The van der Waals surface area contributed by atoms with Crippen molar-refractivity contribution in [3.05, 3.63) is 94.7 Å². The van der Waals surface area contributed by atoms with Crippen LogP contribution < -0.4 is 11.2 Å². The fourth-order valence-electron chi connectivity index (χ4n) is 4.49. The molecule has 0 radical (unpaired) electrons. The summed E-state index contributed by atoms with van der Waals surface area (Å²) in [6, 6.07) is 9.08. The lowest BCUT2D eigenvalue weighted by Crippen LogP contribution is -2.39. The van der Waals surface area contributed by atoms with E-state index in [-0.39, 0.29) is 17.5 Å². The van der Waals surface area contributed by atoms with Gasteiger partial charge in [-0.15, -0.1) is 11.3 Å². The topological polar surface area (TPSA) is 64.3 Å². The van der Waals surface area contributed by atoms with Crippen LogP contribution >= 0.6 is 34.5 Å². The summed E-state index contributed by atoms with van der Waals surface area (Å²) in [5, 5.41) is 1.07. The van der Waals surface area contributed by atoms with Crippen LogP contribution in [0.5, 0.6) is 0 Å². The molecule has 10 heteroatoms. The average Bonchev–Trinajstić information content (AvgIpc) is 3.19. The smallest absolute Gasteiger partial charge is 0.337 e. The van der Waals surface area contributed by atoms with Gasteiger partial charge in [0.25, 0.3) is 5.56 Å². The van der Waals surface area contributed by atoms with E-state index in [1.165, 1.54) is 41.0 Å². The van der Waals surface area contributed by atoms with Crippen molar-refractivity contribution in [2.75, 3.05) is 6.54 Å². The van der Waals surface area contributed by atoms with Gasteiger partial charge in [-0.25, -0.2) is 13.8 Å². The predicted octanol–water partition coefficient (Wildman–Crippen LogP) is 4.92. The summed E-state index contributed by atoms with van der Waals surface area (Å²) in [4.78, 5) is 42.8. The Balaban J connectivity index is 1.83. The molecule has 0 fully saturated rings. The van der Waals surface area contributed by atoms with Gasteiger partial charge in [-0.1, -0.05) is 35.3 Å². The molecule has 0 bridgehead atoms. The van der Waals surface area contributed by atoms with Crippen molar-refractivity contribution in [1.29, 1.82) is 0 Å². The highest BCUT2D eigenvalue weighted by molar-refractivity contribution is 7.18. The van der Waals surface area contributed by atoms with E-state index in [0.29, 0.717) is 51.6 Å². The summed E-state index contributed by atoms with van der Waals surface area (Å²) in [7, 11) is 0. The van der Waals surface area contributed by atoms with Crippen molar-refractivity contribution in [2.45, 2.75) is 33.4 Å². The van der Waals surface area contributed by atoms with Crippen LogP contribution in [0, 0.1) is 12.7 Å². The summed E-state index contributed by atoms with van der Waals surface area (Å²) < 4.78 is 16.3. The zero-order valence-electron chi connectivity index (χ0n) is 18.9. The normalized spacial score (nSPS) is 13.3. The molecule has 1 aliphatic heterocycles. The lowest BCUT2D eigenvalue weighted by molar-refractivity contribution is -0.129. The number of carbonyl (C=O) groups is 1. The standard InChI is InChI=1S/C25H20Cl2FN3O3S/c1-13-18(26)4-3-5-20(13)31-23(33)22-17-8-9-29(14(2)32)12-21(17)35-24(22)30(25(31)34)11-15-6-7-16(28)10-19(15)27/h3-7,10H,8-9,11-12H2,1-2H3. The monoisotopic (exact) mass is 531 g/mol. The number of rotatable bonds is 3. The summed E-state index contributed by atoms with van der Waals surface area (Å²) >= 11 is 13.9. The number of fused-ring (bicyclic) bond motifs is 3. The molecule has 1 amide bonds. The van der Waals surface area contributed by atoms with Gasteiger partial charge < -0.3 is 4.90 Å². The number of benzene rings is 2. The van der Waals surface area contributed by atoms with Crippen LogP contribution in [-0.2, 0) is 24.3 Å². The second kappa shape index (κ2) is 8.93. The second-order valence-corrected chi connectivity index (χ2v) is 10.4. The van der Waals surface area contributed by atoms with E-state index < -0.39 is 17.1 Å². The lowest BCUT2D eigenvalue weighted by Gasteiger charge is -2.25. The van der Waals surface area contributed by atoms with Crippen molar-refractivity contribution in [3.8, 4) is 5.69 Å². The Morgan fingerprint density at radius 2 is 1.91 bits per heavy atom. The average molecular weight is 532 g/mol. The summed E-state index contributed by atoms with van der Waals surface area (Å²) in [5.41, 5.74) is 1.42. The molecule has 2 aromatic heterocycles. The maximum atomic E-state index is 13.8. The number of amides is 1. The van der Waals surface area contributed by atoms with Crippen molar-refractivity contribution >= 4 is 50.7 Å². The first-order valence-electron chi connectivity index (χ1n) is 10.9. The highest BCUT2D eigenvalue weighted by Crippen LogP contribution is 2.34. The molecule has 6 nitrogen and oxygen atoms in total. The van der Waals surface area contributed by atoms with Gasteiger partial charge in [0.05, 0.1) is 24.2 Å². The first-order valence-corrected chi connectivity index (χ1v) is 12.5. The zero-order valence-corrected chi connectivity index (χ0v) is 21.2. The Kier molecular flexibility index (Phi) is 6.07. The quantitative estimate of drug-likeness (QED) is 0.376. The van der Waals surface area contributed by atoms with Crippen LogP contribution in [0.4, 0.5) is 4.39 Å². The van der Waals surface area contributed by atoms with E-state index >= 15 is 0 Å². The number of thiophene rings is 1. The number of hydrogen-bond acceptors (Lipinski definition) is 4. The Morgan fingerprint density at radius 3 is 2.63 bits per heavy atom. The second-order valence-electron chi connectivity index (χ2n) is 8.50. The Labute approximate surface area is 213 Å². The van der Waals surface area contributed by atoms with Crippen LogP contribution in [0.2, 0.25) is 10.0 Å². The third-order valence-corrected chi connectivity index (χ3v) is 8.39. The van der Waals surface area contributed by atoms with Gasteiger partial charge in [0, 0.05) is 28.4 Å². The van der Waals surface area contributed by atoms with E-state index in [4.69, 9.17) is 23.2 Å². The molecule has 0 spiro atoms. The molecule has 3 heterocycles. The molecule has 1 aliphatic rings. The maximum absolute atomic E-state index is 13.8. The molecule has 35 heavy (non-hydrogen) atoms. The Morgan fingerprint density at radius 1 is 1.14 bits per heavy atom. The van der Waals surface area contributed by atoms with Gasteiger partial charge in [0.15, 0.2) is 0 Å². The number of carbonyl (C=O) groups excluding carboxylic acids is 1. The SMILES string of the molecule is CC(=O)N1CCc2c(sc3c2c(=O)n(-c2cccc(Cl)c2C)c(=O)n3Cc2ccc(F)cc2Cl)C1. The molecule has 180 valence electrons. The fraction of sp³-hybridized carbons (Fsp3) is 0.240. The van der Waals surface area contributed by atoms with Crippen LogP contribution in [0.25, 0.3) is 15.9 Å². The molecule has 0 aliphatic carbocycles. The third-order valence-electron chi connectivity index (χ3n) is 6.39. The van der Waals surface area contributed by atoms with Gasteiger partial charge in [-0.3, -0.25) is 14.2 Å². The molecular weight excluding hydrogens is 512 g/mol. The van der Waals surface area contributed by atoms with Crippen LogP contribution in [0.3, 0.4) is 0 Å². The zero-order chi connectivity index (χ0) is 25.0. The van der Waals surface area contributed by atoms with Crippen LogP contribution in [0.15, 0.2) is 46.0 Å². The number of hydrogen-bond donors (Lipinski definition) is 0. The van der Waals surface area contributed by atoms with E-state index in [9.17, 15) is 18.8 Å².